The minimum absolute atomic E-state index is 0.00927. The van der Waals surface area contributed by atoms with Gasteiger partial charge in [-0.2, -0.15) is 0 Å². The highest BCUT2D eigenvalue weighted by Gasteiger charge is 2.44. The number of fused-ring (bicyclic) bond motifs is 2. The number of benzene rings is 2. The van der Waals surface area contributed by atoms with E-state index in [0.29, 0.717) is 22.8 Å². The Morgan fingerprint density at radius 2 is 2.18 bits per heavy atom. The van der Waals surface area contributed by atoms with Crippen LogP contribution in [0.5, 0.6) is 5.75 Å². The first-order valence-corrected chi connectivity index (χ1v) is 11.4. The van der Waals surface area contributed by atoms with Gasteiger partial charge in [0, 0.05) is 48.3 Å². The Hall–Kier alpha value is -3.03. The van der Waals surface area contributed by atoms with E-state index in [-0.39, 0.29) is 17.2 Å². The highest BCUT2D eigenvalue weighted by Crippen LogP contribution is 2.41. The van der Waals surface area contributed by atoms with Crippen LogP contribution in [0.4, 0.5) is 15.9 Å². The summed E-state index contributed by atoms with van der Waals surface area (Å²) in [5, 5.41) is 3.90. The van der Waals surface area contributed by atoms with Crippen molar-refractivity contribution in [2.45, 2.75) is 25.3 Å². The van der Waals surface area contributed by atoms with E-state index in [0.717, 1.165) is 36.0 Å². The smallest absolute Gasteiger partial charge is 0.159 e. The number of aromatic nitrogens is 2. The maximum absolute atomic E-state index is 13.5. The molecule has 2 aliphatic rings. The number of nitrogens with one attached hydrogen (secondary N) is 1. The number of rotatable bonds is 8. The third-order valence-electron chi connectivity index (χ3n) is 6.54. The van der Waals surface area contributed by atoms with Crippen LogP contribution in [0.25, 0.3) is 10.9 Å². The lowest BCUT2D eigenvalue weighted by molar-refractivity contribution is -0.114. The van der Waals surface area contributed by atoms with Crippen molar-refractivity contribution >= 4 is 39.8 Å². The summed E-state index contributed by atoms with van der Waals surface area (Å²) in [7, 11) is 1.57. The van der Waals surface area contributed by atoms with Crippen LogP contribution in [0.2, 0.25) is 5.02 Å². The van der Waals surface area contributed by atoms with Gasteiger partial charge in [0.05, 0.1) is 17.6 Å². The summed E-state index contributed by atoms with van der Waals surface area (Å²) in [6.45, 7) is 1.97. The molecule has 1 aliphatic carbocycles. The van der Waals surface area contributed by atoms with Gasteiger partial charge in [0.1, 0.15) is 23.7 Å². The molecule has 2 unspecified atom stereocenters. The number of methoxy groups -OCH3 is 1. The van der Waals surface area contributed by atoms with E-state index in [9.17, 15) is 9.18 Å². The molecule has 1 saturated carbocycles. The molecule has 170 valence electrons. The van der Waals surface area contributed by atoms with E-state index in [4.69, 9.17) is 16.3 Å². The Labute approximate surface area is 196 Å². The molecule has 0 spiro atoms. The molecule has 5 rings (SSSR count). The molecule has 8 heteroatoms. The van der Waals surface area contributed by atoms with Crippen molar-refractivity contribution in [3.63, 3.8) is 0 Å². The van der Waals surface area contributed by atoms with Gasteiger partial charge < -0.3 is 10.1 Å². The zero-order chi connectivity index (χ0) is 22.9. The number of ether oxygens (including phenoxy) is 1. The molecular weight excluding hydrogens is 443 g/mol. The first-order chi connectivity index (χ1) is 16.0. The standard InChI is InChI=1S/C25H24ClFN4O2/c1-33-24-12-22-19(25(29-14-28-22)30-17-5-6-21(27)20(26)11-17)10-16(24)9-18(32)3-2-8-31-13-15-4-7-23(15)31/h2-3,5-6,10-12,14-15,23H,4,7-9,13H2,1H3,(H,28,29,30)/b3-2+. The van der Waals surface area contributed by atoms with Gasteiger partial charge in [-0.25, -0.2) is 14.4 Å². The molecule has 0 radical (unpaired) electrons. The summed E-state index contributed by atoms with van der Waals surface area (Å²) < 4.78 is 19.0. The fraction of sp³-hybridized carbons (Fsp3) is 0.320. The highest BCUT2D eigenvalue weighted by atomic mass is 35.5. The summed E-state index contributed by atoms with van der Waals surface area (Å²) in [5.74, 6) is 1.53. The number of hydrogen-bond donors (Lipinski definition) is 1. The largest absolute Gasteiger partial charge is 0.496 e. The van der Waals surface area contributed by atoms with E-state index in [1.54, 1.807) is 25.3 Å². The summed E-state index contributed by atoms with van der Waals surface area (Å²) >= 11 is 5.90. The molecule has 2 fully saturated rings. The number of ketones is 1. The molecule has 1 N–H and O–H groups in total. The minimum Gasteiger partial charge on any atom is -0.496 e. The van der Waals surface area contributed by atoms with E-state index in [2.05, 4.69) is 20.2 Å². The monoisotopic (exact) mass is 466 g/mol. The summed E-state index contributed by atoms with van der Waals surface area (Å²) in [4.78, 5) is 23.7. The lowest BCUT2D eigenvalue weighted by Gasteiger charge is -2.55. The number of carbonyl (C=O) groups is 1. The molecule has 1 aromatic heterocycles. The summed E-state index contributed by atoms with van der Waals surface area (Å²) in [6.07, 6.45) is 7.89. The fourth-order valence-corrected chi connectivity index (χ4v) is 4.77. The number of nitrogens with zero attached hydrogens (tertiary/aromatic N) is 3. The quantitative estimate of drug-likeness (QED) is 0.474. The number of hydrogen-bond acceptors (Lipinski definition) is 6. The number of piperidine rings is 1. The zero-order valence-electron chi connectivity index (χ0n) is 18.2. The number of halogens is 2. The Morgan fingerprint density at radius 1 is 1.30 bits per heavy atom. The number of carbonyl (C=O) groups excluding carboxylic acids is 1. The predicted molar refractivity (Wildman–Crippen MR) is 127 cm³/mol. The Bertz CT molecular complexity index is 1250. The second-order valence-electron chi connectivity index (χ2n) is 8.56. The molecule has 2 aromatic carbocycles. The molecule has 6 nitrogen and oxygen atoms in total. The maximum Gasteiger partial charge on any atom is 0.159 e. The first kappa shape index (κ1) is 21.8. The highest BCUT2D eigenvalue weighted by molar-refractivity contribution is 6.31. The Morgan fingerprint density at radius 3 is 2.88 bits per heavy atom. The molecular formula is C25H24ClFN4O2. The van der Waals surface area contributed by atoms with Gasteiger partial charge in [-0.3, -0.25) is 9.69 Å². The van der Waals surface area contributed by atoms with Crippen molar-refractivity contribution in [2.24, 2.45) is 5.92 Å². The molecule has 0 bridgehead atoms. The molecule has 1 aliphatic heterocycles. The second kappa shape index (κ2) is 9.08. The van der Waals surface area contributed by atoms with Crippen LogP contribution >= 0.6 is 11.6 Å². The third-order valence-corrected chi connectivity index (χ3v) is 6.83. The van der Waals surface area contributed by atoms with Gasteiger partial charge >= 0.3 is 0 Å². The van der Waals surface area contributed by atoms with Crippen molar-refractivity contribution in [3.8, 4) is 5.75 Å². The van der Waals surface area contributed by atoms with Crippen LogP contribution in [0.1, 0.15) is 18.4 Å². The van der Waals surface area contributed by atoms with Gasteiger partial charge in [0.25, 0.3) is 0 Å². The van der Waals surface area contributed by atoms with Crippen molar-refractivity contribution in [3.05, 3.63) is 65.2 Å². The first-order valence-electron chi connectivity index (χ1n) is 11.0. The van der Waals surface area contributed by atoms with Crippen molar-refractivity contribution in [1.82, 2.24) is 14.9 Å². The average molecular weight is 467 g/mol. The third kappa shape index (κ3) is 4.43. The normalized spacial score (nSPS) is 19.7. The van der Waals surface area contributed by atoms with Crippen LogP contribution in [-0.2, 0) is 11.2 Å². The predicted octanol–water partition coefficient (Wildman–Crippen LogP) is 4.94. The van der Waals surface area contributed by atoms with Crippen LogP contribution in [0, 0.1) is 11.7 Å². The molecule has 2 atom stereocenters. The van der Waals surface area contributed by atoms with E-state index >= 15 is 0 Å². The molecule has 3 aromatic rings. The number of likely N-dealkylation sites (tertiary alicyclic amines) is 1. The fourth-order valence-electron chi connectivity index (χ4n) is 4.59. The van der Waals surface area contributed by atoms with Crippen molar-refractivity contribution < 1.29 is 13.9 Å². The van der Waals surface area contributed by atoms with Crippen LogP contribution in [0.15, 0.2) is 48.8 Å². The van der Waals surface area contributed by atoms with Crippen LogP contribution in [0.3, 0.4) is 0 Å². The number of allylic oxidation sites excluding steroid dienone is 1. The number of anilines is 2. The van der Waals surface area contributed by atoms with Crippen molar-refractivity contribution in [2.75, 3.05) is 25.5 Å². The minimum atomic E-state index is -0.491. The van der Waals surface area contributed by atoms with Crippen LogP contribution in [-0.4, -0.2) is 46.9 Å². The zero-order valence-corrected chi connectivity index (χ0v) is 19.0. The van der Waals surface area contributed by atoms with Gasteiger partial charge in [0.2, 0.25) is 0 Å². The molecule has 1 saturated heterocycles. The van der Waals surface area contributed by atoms with Gasteiger partial charge in [0.15, 0.2) is 5.78 Å². The average Bonchev–Trinajstić information content (AvgIpc) is 2.79. The van der Waals surface area contributed by atoms with Gasteiger partial charge in [-0.1, -0.05) is 17.7 Å². The summed E-state index contributed by atoms with van der Waals surface area (Å²) in [5.41, 5.74) is 2.01. The van der Waals surface area contributed by atoms with Crippen molar-refractivity contribution in [1.29, 1.82) is 0 Å². The van der Waals surface area contributed by atoms with E-state index in [1.807, 2.05) is 12.1 Å². The lowest BCUT2D eigenvalue weighted by Crippen LogP contribution is -2.61. The molecule has 2 heterocycles. The summed E-state index contributed by atoms with van der Waals surface area (Å²) in [6, 6.07) is 8.75. The molecule has 33 heavy (non-hydrogen) atoms. The van der Waals surface area contributed by atoms with Gasteiger partial charge in [-0.15, -0.1) is 0 Å². The van der Waals surface area contributed by atoms with Crippen LogP contribution < -0.4 is 10.1 Å². The SMILES string of the molecule is COc1cc2ncnc(Nc3ccc(F)c(Cl)c3)c2cc1CC(=O)/C=C/CN1CC2CCC21. The maximum atomic E-state index is 13.5. The Kier molecular flexibility index (Phi) is 6.00. The second-order valence-corrected chi connectivity index (χ2v) is 8.97. The van der Waals surface area contributed by atoms with Gasteiger partial charge in [-0.05, 0) is 49.1 Å². The molecule has 0 amide bonds. The van der Waals surface area contributed by atoms with E-state index < -0.39 is 5.82 Å². The van der Waals surface area contributed by atoms with E-state index in [1.165, 1.54) is 31.3 Å². The topological polar surface area (TPSA) is 67.4 Å². The Balaban J connectivity index is 1.35. The lowest BCUT2D eigenvalue weighted by atomic mass is 9.71.